The molecule has 2 aromatic heterocycles. The Balaban J connectivity index is 2.28. The summed E-state index contributed by atoms with van der Waals surface area (Å²) in [6, 6.07) is 9.55. The van der Waals surface area contributed by atoms with Crippen LogP contribution in [0.1, 0.15) is 5.56 Å². The summed E-state index contributed by atoms with van der Waals surface area (Å²) in [6.07, 6.45) is 1.75. The molecule has 4 heteroatoms. The summed E-state index contributed by atoms with van der Waals surface area (Å²) >= 11 is 0. The standard InChI is InChI=1S/C14H10N4/c1-9-7-10-13(8-12(9)15-2)17-18-14(10)11-5-3-4-6-16-11/h3-8H,1H3,(H,17,18). The van der Waals surface area contributed by atoms with Gasteiger partial charge in [-0.1, -0.05) is 12.1 Å². The summed E-state index contributed by atoms with van der Waals surface area (Å²) in [4.78, 5) is 7.79. The second kappa shape index (κ2) is 3.97. The Morgan fingerprint density at radius 1 is 1.28 bits per heavy atom. The first-order valence-corrected chi connectivity index (χ1v) is 5.57. The number of hydrogen-bond donors (Lipinski definition) is 1. The van der Waals surface area contributed by atoms with E-state index >= 15 is 0 Å². The molecule has 0 amide bonds. The molecule has 0 atom stereocenters. The highest BCUT2D eigenvalue weighted by Gasteiger charge is 2.10. The quantitative estimate of drug-likeness (QED) is 0.655. The number of nitrogens with one attached hydrogen (secondary N) is 1. The summed E-state index contributed by atoms with van der Waals surface area (Å²) in [5.74, 6) is 0. The third kappa shape index (κ3) is 1.54. The maximum Gasteiger partial charge on any atom is 0.192 e. The van der Waals surface area contributed by atoms with Gasteiger partial charge in [-0.2, -0.15) is 5.10 Å². The van der Waals surface area contributed by atoms with Gasteiger partial charge in [0.2, 0.25) is 0 Å². The van der Waals surface area contributed by atoms with Crippen molar-refractivity contribution >= 4 is 16.6 Å². The van der Waals surface area contributed by atoms with E-state index in [0.29, 0.717) is 5.69 Å². The molecule has 0 aliphatic rings. The van der Waals surface area contributed by atoms with Crippen LogP contribution in [0.15, 0.2) is 36.5 Å². The first-order chi connectivity index (χ1) is 8.79. The van der Waals surface area contributed by atoms with Crippen molar-refractivity contribution in [3.8, 4) is 11.4 Å². The molecule has 86 valence electrons. The third-order valence-electron chi connectivity index (χ3n) is 2.91. The molecule has 0 aliphatic carbocycles. The number of benzene rings is 1. The molecule has 4 nitrogen and oxygen atoms in total. The van der Waals surface area contributed by atoms with E-state index < -0.39 is 0 Å². The van der Waals surface area contributed by atoms with Crippen molar-refractivity contribution in [2.75, 3.05) is 0 Å². The third-order valence-corrected chi connectivity index (χ3v) is 2.91. The molecule has 3 rings (SSSR count). The van der Waals surface area contributed by atoms with Crippen LogP contribution >= 0.6 is 0 Å². The van der Waals surface area contributed by atoms with E-state index in [1.807, 2.05) is 37.3 Å². The van der Waals surface area contributed by atoms with Crippen LogP contribution in [0.3, 0.4) is 0 Å². The summed E-state index contributed by atoms with van der Waals surface area (Å²) < 4.78 is 0. The van der Waals surface area contributed by atoms with Crippen LogP contribution in [0.4, 0.5) is 5.69 Å². The fourth-order valence-corrected chi connectivity index (χ4v) is 1.98. The molecule has 3 aromatic rings. The predicted octanol–water partition coefficient (Wildman–Crippen LogP) is 3.48. The van der Waals surface area contributed by atoms with Crippen LogP contribution in [0, 0.1) is 13.5 Å². The lowest BCUT2D eigenvalue weighted by molar-refractivity contribution is 1.11. The van der Waals surface area contributed by atoms with E-state index in [9.17, 15) is 0 Å². The summed E-state index contributed by atoms with van der Waals surface area (Å²) in [5.41, 5.74) is 4.13. The number of aryl methyl sites for hydroxylation is 1. The zero-order valence-corrected chi connectivity index (χ0v) is 9.81. The van der Waals surface area contributed by atoms with Gasteiger partial charge in [0.05, 0.1) is 17.8 Å². The Morgan fingerprint density at radius 3 is 2.89 bits per heavy atom. The van der Waals surface area contributed by atoms with E-state index in [4.69, 9.17) is 6.57 Å². The highest BCUT2D eigenvalue weighted by atomic mass is 15.1. The molecule has 0 saturated carbocycles. The van der Waals surface area contributed by atoms with Crippen molar-refractivity contribution in [1.82, 2.24) is 15.2 Å². The van der Waals surface area contributed by atoms with E-state index in [1.165, 1.54) is 0 Å². The number of aromatic nitrogens is 3. The Kier molecular flexibility index (Phi) is 2.31. The molecule has 1 N–H and O–H groups in total. The molecular formula is C14H10N4. The van der Waals surface area contributed by atoms with Crippen LogP contribution in [0.25, 0.3) is 27.1 Å². The average molecular weight is 234 g/mol. The van der Waals surface area contributed by atoms with Gasteiger partial charge in [-0.25, -0.2) is 4.85 Å². The van der Waals surface area contributed by atoms with Crippen LogP contribution < -0.4 is 0 Å². The minimum atomic E-state index is 0.652. The molecule has 2 heterocycles. The number of pyridine rings is 1. The van der Waals surface area contributed by atoms with Gasteiger partial charge in [0.15, 0.2) is 5.69 Å². The van der Waals surface area contributed by atoms with E-state index in [0.717, 1.165) is 27.9 Å². The summed E-state index contributed by atoms with van der Waals surface area (Å²) in [6.45, 7) is 9.04. The van der Waals surface area contributed by atoms with Crippen LogP contribution in [-0.2, 0) is 0 Å². The monoisotopic (exact) mass is 234 g/mol. The minimum absolute atomic E-state index is 0.652. The first kappa shape index (κ1) is 10.5. The highest BCUT2D eigenvalue weighted by molar-refractivity contribution is 5.94. The predicted molar refractivity (Wildman–Crippen MR) is 70.3 cm³/mol. The van der Waals surface area contributed by atoms with E-state index in [1.54, 1.807) is 6.20 Å². The highest BCUT2D eigenvalue weighted by Crippen LogP contribution is 2.30. The molecular weight excluding hydrogens is 224 g/mol. The van der Waals surface area contributed by atoms with Crippen molar-refractivity contribution in [2.45, 2.75) is 6.92 Å². The number of fused-ring (bicyclic) bond motifs is 1. The lowest BCUT2D eigenvalue weighted by Gasteiger charge is -1.99. The van der Waals surface area contributed by atoms with Gasteiger partial charge in [0.1, 0.15) is 5.69 Å². The van der Waals surface area contributed by atoms with E-state index in [2.05, 4.69) is 20.0 Å². The van der Waals surface area contributed by atoms with Crippen molar-refractivity contribution in [3.63, 3.8) is 0 Å². The van der Waals surface area contributed by atoms with Crippen molar-refractivity contribution in [1.29, 1.82) is 0 Å². The van der Waals surface area contributed by atoms with Crippen LogP contribution in [0.5, 0.6) is 0 Å². The lowest BCUT2D eigenvalue weighted by atomic mass is 10.1. The van der Waals surface area contributed by atoms with Gasteiger partial charge in [0, 0.05) is 11.6 Å². The largest absolute Gasteiger partial charge is 0.278 e. The summed E-state index contributed by atoms with van der Waals surface area (Å²) in [5, 5.41) is 8.25. The summed E-state index contributed by atoms with van der Waals surface area (Å²) in [7, 11) is 0. The SMILES string of the molecule is [C-]#[N+]c1cc2[nH]nc(-c3ccccn3)c2cc1C. The van der Waals surface area contributed by atoms with Gasteiger partial charge >= 0.3 is 0 Å². The van der Waals surface area contributed by atoms with Gasteiger partial charge < -0.3 is 0 Å². The van der Waals surface area contributed by atoms with Crippen LogP contribution in [-0.4, -0.2) is 15.2 Å². The second-order valence-electron chi connectivity index (χ2n) is 4.08. The Hall–Kier alpha value is -2.67. The van der Waals surface area contributed by atoms with Crippen LogP contribution in [0.2, 0.25) is 0 Å². The molecule has 0 unspecified atom stereocenters. The fourth-order valence-electron chi connectivity index (χ4n) is 1.98. The first-order valence-electron chi connectivity index (χ1n) is 5.57. The van der Waals surface area contributed by atoms with Crippen molar-refractivity contribution < 1.29 is 0 Å². The number of nitrogens with zero attached hydrogens (tertiary/aromatic N) is 3. The van der Waals surface area contributed by atoms with Crippen molar-refractivity contribution in [2.24, 2.45) is 0 Å². The molecule has 1 aromatic carbocycles. The molecule has 0 aliphatic heterocycles. The number of rotatable bonds is 1. The molecule has 0 fully saturated rings. The van der Waals surface area contributed by atoms with Gasteiger partial charge in [0.25, 0.3) is 0 Å². The number of H-pyrrole nitrogens is 1. The Labute approximate surface area is 104 Å². The number of hydrogen-bond acceptors (Lipinski definition) is 2. The zero-order chi connectivity index (χ0) is 12.5. The fraction of sp³-hybridized carbons (Fsp3) is 0.0714. The smallest absolute Gasteiger partial charge is 0.192 e. The second-order valence-corrected chi connectivity index (χ2v) is 4.08. The minimum Gasteiger partial charge on any atom is -0.278 e. The Morgan fingerprint density at radius 2 is 2.17 bits per heavy atom. The molecule has 0 saturated heterocycles. The van der Waals surface area contributed by atoms with Gasteiger partial charge in [-0.3, -0.25) is 10.1 Å². The molecule has 18 heavy (non-hydrogen) atoms. The number of aromatic amines is 1. The van der Waals surface area contributed by atoms with E-state index in [-0.39, 0.29) is 0 Å². The molecule has 0 bridgehead atoms. The zero-order valence-electron chi connectivity index (χ0n) is 9.81. The normalized spacial score (nSPS) is 10.4. The molecule has 0 spiro atoms. The van der Waals surface area contributed by atoms with Crippen molar-refractivity contribution in [3.05, 3.63) is 53.5 Å². The Bertz CT molecular complexity index is 751. The molecule has 0 radical (unpaired) electrons. The van der Waals surface area contributed by atoms with Gasteiger partial charge in [-0.15, -0.1) is 0 Å². The maximum absolute atomic E-state index is 7.11. The van der Waals surface area contributed by atoms with Gasteiger partial charge in [-0.05, 0) is 30.7 Å². The topological polar surface area (TPSA) is 45.9 Å². The maximum atomic E-state index is 7.11. The lowest BCUT2D eigenvalue weighted by Crippen LogP contribution is -1.82. The average Bonchev–Trinajstić information content (AvgIpc) is 2.81.